The first-order valence-electron chi connectivity index (χ1n) is 5.80. The van der Waals surface area contributed by atoms with Crippen LogP contribution in [0.25, 0.3) is 6.08 Å². The minimum Gasteiger partial charge on any atom is -0.478 e. The van der Waals surface area contributed by atoms with Crippen molar-refractivity contribution < 1.29 is 23.4 Å². The van der Waals surface area contributed by atoms with Crippen LogP contribution in [0.4, 0.5) is 8.78 Å². The third-order valence-electron chi connectivity index (χ3n) is 2.54. The molecular weight excluding hydrogens is 302 g/mol. The summed E-state index contributed by atoms with van der Waals surface area (Å²) < 4.78 is 32.0. The van der Waals surface area contributed by atoms with Crippen LogP contribution in [-0.2, 0) is 4.79 Å². The highest BCUT2D eigenvalue weighted by atomic mass is 35.5. The molecule has 6 heteroatoms. The molecule has 0 saturated heterocycles. The molecule has 0 aliphatic carbocycles. The molecule has 0 bridgehead atoms. The Hall–Kier alpha value is -2.40. The number of carbonyl (C=O) groups is 1. The molecule has 0 aliphatic heterocycles. The maximum atomic E-state index is 13.6. The van der Waals surface area contributed by atoms with Gasteiger partial charge in [-0.15, -0.1) is 0 Å². The third-order valence-corrected chi connectivity index (χ3v) is 2.87. The Labute approximate surface area is 124 Å². The van der Waals surface area contributed by atoms with Gasteiger partial charge < -0.3 is 9.84 Å². The fourth-order valence-electron chi connectivity index (χ4n) is 1.60. The number of rotatable bonds is 4. The lowest BCUT2D eigenvalue weighted by molar-refractivity contribution is -0.131. The number of aliphatic carboxylic acids is 1. The summed E-state index contributed by atoms with van der Waals surface area (Å²) in [5.41, 5.74) is 0.255. The van der Waals surface area contributed by atoms with Crippen LogP contribution in [0.2, 0.25) is 5.02 Å². The molecule has 1 N–H and O–H groups in total. The van der Waals surface area contributed by atoms with Gasteiger partial charge in [0, 0.05) is 11.6 Å². The van der Waals surface area contributed by atoms with Crippen LogP contribution in [0.5, 0.6) is 11.5 Å². The summed E-state index contributed by atoms with van der Waals surface area (Å²) in [6.07, 6.45) is 2.09. The largest absolute Gasteiger partial charge is 0.478 e. The second-order valence-electron chi connectivity index (χ2n) is 3.98. The molecule has 0 radical (unpaired) electrons. The van der Waals surface area contributed by atoms with Gasteiger partial charge in [-0.3, -0.25) is 0 Å². The first-order chi connectivity index (χ1) is 9.99. The zero-order valence-electron chi connectivity index (χ0n) is 10.5. The van der Waals surface area contributed by atoms with Crippen LogP contribution in [-0.4, -0.2) is 11.1 Å². The predicted molar refractivity (Wildman–Crippen MR) is 74.6 cm³/mol. The zero-order chi connectivity index (χ0) is 15.4. The number of hydrogen-bond donors (Lipinski definition) is 1. The van der Waals surface area contributed by atoms with Gasteiger partial charge in [-0.1, -0.05) is 23.7 Å². The monoisotopic (exact) mass is 310 g/mol. The molecule has 0 unspecified atom stereocenters. The molecule has 21 heavy (non-hydrogen) atoms. The quantitative estimate of drug-likeness (QED) is 0.845. The summed E-state index contributed by atoms with van der Waals surface area (Å²) in [4.78, 5) is 10.6. The highest BCUT2D eigenvalue weighted by Crippen LogP contribution is 2.33. The predicted octanol–water partition coefficient (Wildman–Crippen LogP) is 4.51. The molecular formula is C15H9ClF2O3. The summed E-state index contributed by atoms with van der Waals surface area (Å²) >= 11 is 5.96. The van der Waals surface area contributed by atoms with Gasteiger partial charge in [-0.2, -0.15) is 4.39 Å². The Morgan fingerprint density at radius 2 is 1.81 bits per heavy atom. The maximum absolute atomic E-state index is 13.6. The number of carboxylic acid groups (broad SMARTS) is 1. The van der Waals surface area contributed by atoms with Gasteiger partial charge in [0.2, 0.25) is 5.82 Å². The van der Waals surface area contributed by atoms with E-state index in [1.807, 2.05) is 0 Å². The molecule has 0 saturated carbocycles. The van der Waals surface area contributed by atoms with Gasteiger partial charge in [0.1, 0.15) is 5.75 Å². The molecule has 2 aromatic carbocycles. The van der Waals surface area contributed by atoms with Crippen molar-refractivity contribution in [2.75, 3.05) is 0 Å². The number of ether oxygens (including phenoxy) is 1. The van der Waals surface area contributed by atoms with Crippen LogP contribution in [0.15, 0.2) is 42.5 Å². The summed E-state index contributed by atoms with van der Waals surface area (Å²) in [5, 5.41) is 8.87. The first kappa shape index (κ1) is 15.0. The van der Waals surface area contributed by atoms with Gasteiger partial charge >= 0.3 is 5.97 Å². The van der Waals surface area contributed by atoms with E-state index in [0.717, 1.165) is 12.1 Å². The van der Waals surface area contributed by atoms with E-state index in [2.05, 4.69) is 0 Å². The summed E-state index contributed by atoms with van der Waals surface area (Å²) in [6.45, 7) is 0. The third kappa shape index (κ3) is 3.58. The summed E-state index contributed by atoms with van der Waals surface area (Å²) in [6, 6.07) is 8.06. The Balaban J connectivity index is 2.42. The van der Waals surface area contributed by atoms with Crippen molar-refractivity contribution in [1.82, 2.24) is 0 Å². The van der Waals surface area contributed by atoms with E-state index in [4.69, 9.17) is 21.4 Å². The molecule has 0 spiro atoms. The smallest absolute Gasteiger partial charge is 0.328 e. The normalized spacial score (nSPS) is 10.8. The summed E-state index contributed by atoms with van der Waals surface area (Å²) in [5.74, 6) is -3.55. The van der Waals surface area contributed by atoms with Crippen LogP contribution in [0.3, 0.4) is 0 Å². The van der Waals surface area contributed by atoms with Crippen molar-refractivity contribution in [3.05, 3.63) is 64.7 Å². The Morgan fingerprint density at radius 3 is 2.52 bits per heavy atom. The maximum Gasteiger partial charge on any atom is 0.328 e. The van der Waals surface area contributed by atoms with Crippen molar-refractivity contribution in [3.8, 4) is 11.5 Å². The van der Waals surface area contributed by atoms with E-state index in [1.54, 1.807) is 6.07 Å². The van der Waals surface area contributed by atoms with Gasteiger partial charge in [-0.25, -0.2) is 9.18 Å². The topological polar surface area (TPSA) is 46.5 Å². The van der Waals surface area contributed by atoms with E-state index < -0.39 is 17.6 Å². The lowest BCUT2D eigenvalue weighted by Gasteiger charge is -2.11. The Kier molecular flexibility index (Phi) is 4.55. The van der Waals surface area contributed by atoms with Crippen molar-refractivity contribution in [2.45, 2.75) is 0 Å². The van der Waals surface area contributed by atoms with Crippen molar-refractivity contribution in [2.24, 2.45) is 0 Å². The van der Waals surface area contributed by atoms with Crippen molar-refractivity contribution in [3.63, 3.8) is 0 Å². The van der Waals surface area contributed by atoms with E-state index in [1.165, 1.54) is 30.3 Å². The molecule has 0 amide bonds. The number of halogens is 3. The molecule has 108 valence electrons. The van der Waals surface area contributed by atoms with E-state index in [0.29, 0.717) is 0 Å². The highest BCUT2D eigenvalue weighted by molar-refractivity contribution is 6.32. The van der Waals surface area contributed by atoms with E-state index in [9.17, 15) is 13.6 Å². The van der Waals surface area contributed by atoms with Gasteiger partial charge in [0.25, 0.3) is 0 Å². The lowest BCUT2D eigenvalue weighted by Crippen LogP contribution is -1.94. The Morgan fingerprint density at radius 1 is 1.14 bits per heavy atom. The highest BCUT2D eigenvalue weighted by Gasteiger charge is 2.12. The van der Waals surface area contributed by atoms with Gasteiger partial charge in [-0.05, 0) is 30.3 Å². The number of hydrogen-bond acceptors (Lipinski definition) is 2. The minimum atomic E-state index is -1.17. The molecule has 0 fully saturated rings. The van der Waals surface area contributed by atoms with Crippen LogP contribution in [0, 0.1) is 11.6 Å². The van der Waals surface area contributed by atoms with E-state index >= 15 is 0 Å². The fourth-order valence-corrected chi connectivity index (χ4v) is 1.83. The number of benzene rings is 2. The molecule has 0 aromatic heterocycles. The Bertz CT molecular complexity index is 714. The van der Waals surface area contributed by atoms with Crippen molar-refractivity contribution in [1.29, 1.82) is 0 Å². The molecule has 2 rings (SSSR count). The second-order valence-corrected chi connectivity index (χ2v) is 4.38. The lowest BCUT2D eigenvalue weighted by atomic mass is 10.2. The molecule has 3 nitrogen and oxygen atoms in total. The number of carboxylic acids is 1. The molecule has 2 aromatic rings. The average Bonchev–Trinajstić information content (AvgIpc) is 2.43. The molecule has 0 atom stereocenters. The first-order valence-corrected chi connectivity index (χ1v) is 6.18. The standard InChI is InChI=1S/C15H9ClF2O3/c16-10-3-1-5-12(9(10)7-8-14(19)20)21-13-6-2-4-11(17)15(13)18/h1-8H,(H,19,20). The zero-order valence-corrected chi connectivity index (χ0v) is 11.3. The van der Waals surface area contributed by atoms with Crippen LogP contribution in [0.1, 0.15) is 5.56 Å². The summed E-state index contributed by atoms with van der Waals surface area (Å²) in [7, 11) is 0. The molecule has 0 heterocycles. The van der Waals surface area contributed by atoms with Gasteiger partial charge in [0.05, 0.1) is 5.02 Å². The second kappa shape index (κ2) is 6.37. The van der Waals surface area contributed by atoms with E-state index in [-0.39, 0.29) is 22.1 Å². The average molecular weight is 311 g/mol. The van der Waals surface area contributed by atoms with Crippen LogP contribution >= 0.6 is 11.6 Å². The minimum absolute atomic E-state index is 0.115. The van der Waals surface area contributed by atoms with Gasteiger partial charge in [0.15, 0.2) is 11.6 Å². The van der Waals surface area contributed by atoms with Crippen LogP contribution < -0.4 is 4.74 Å². The van der Waals surface area contributed by atoms with Crippen molar-refractivity contribution >= 4 is 23.6 Å². The fraction of sp³-hybridized carbons (Fsp3) is 0. The molecule has 0 aliphatic rings. The SMILES string of the molecule is O=C(O)C=Cc1c(Cl)cccc1Oc1cccc(F)c1F.